The summed E-state index contributed by atoms with van der Waals surface area (Å²) in [6.45, 7) is 7.12. The summed E-state index contributed by atoms with van der Waals surface area (Å²) in [7, 11) is 0. The Kier molecular flexibility index (Phi) is 6.71. The Hall–Kier alpha value is -2.77. The van der Waals surface area contributed by atoms with Gasteiger partial charge in [0, 0.05) is 45.2 Å². The van der Waals surface area contributed by atoms with Crippen LogP contribution in [-0.2, 0) is 13.0 Å². The first-order valence-corrected chi connectivity index (χ1v) is 11.2. The number of phenols is 1. The number of hydrogen-bond acceptors (Lipinski definition) is 5. The lowest BCUT2D eigenvalue weighted by Gasteiger charge is -2.38. The van der Waals surface area contributed by atoms with Crippen molar-refractivity contribution in [3.63, 3.8) is 0 Å². The molecule has 0 radical (unpaired) electrons. The number of aliphatic imine (C=N–C) groups is 1. The molecule has 2 aliphatic rings. The lowest BCUT2D eigenvalue weighted by Crippen LogP contribution is -2.54. The fraction of sp³-hybridized carbons (Fsp3) is 0.591. The highest BCUT2D eigenvalue weighted by molar-refractivity contribution is 5.80. The highest BCUT2D eigenvalue weighted by atomic mass is 16.3. The van der Waals surface area contributed by atoms with Crippen LogP contribution in [0.25, 0.3) is 0 Å². The van der Waals surface area contributed by atoms with Crippen molar-refractivity contribution in [3.05, 3.63) is 36.4 Å². The van der Waals surface area contributed by atoms with Crippen molar-refractivity contribution in [1.29, 1.82) is 0 Å². The molecule has 2 N–H and O–H groups in total. The lowest BCUT2D eigenvalue weighted by atomic mass is 10.2. The molecule has 1 saturated heterocycles. The normalized spacial score (nSPS) is 18.2. The number of phenolic OH excluding ortho intramolecular Hbond substituents is 1. The molecule has 1 aromatic heterocycles. The Labute approximate surface area is 178 Å². The molecule has 0 atom stereocenters. The van der Waals surface area contributed by atoms with Crippen LogP contribution in [0.2, 0.25) is 0 Å². The van der Waals surface area contributed by atoms with Gasteiger partial charge >= 0.3 is 0 Å². The van der Waals surface area contributed by atoms with Gasteiger partial charge in [0.2, 0.25) is 0 Å². The van der Waals surface area contributed by atoms with E-state index in [-0.39, 0.29) is 0 Å². The highest BCUT2D eigenvalue weighted by Gasteiger charge is 2.24. The summed E-state index contributed by atoms with van der Waals surface area (Å²) in [5.41, 5.74) is 0.916. The van der Waals surface area contributed by atoms with Crippen LogP contribution in [0.5, 0.6) is 5.75 Å². The molecule has 30 heavy (non-hydrogen) atoms. The predicted octanol–water partition coefficient (Wildman–Crippen LogP) is 2.26. The minimum absolute atomic E-state index is 0.351. The van der Waals surface area contributed by atoms with E-state index in [1.54, 1.807) is 12.4 Å². The van der Waals surface area contributed by atoms with Gasteiger partial charge < -0.3 is 24.8 Å². The molecule has 8 heteroatoms. The second-order valence-corrected chi connectivity index (χ2v) is 8.09. The quantitative estimate of drug-likeness (QED) is 0.561. The van der Waals surface area contributed by atoms with Gasteiger partial charge in [0.15, 0.2) is 5.96 Å². The van der Waals surface area contributed by atoms with Crippen molar-refractivity contribution in [2.45, 2.75) is 51.6 Å². The van der Waals surface area contributed by atoms with Crippen LogP contribution in [0.1, 0.15) is 38.4 Å². The van der Waals surface area contributed by atoms with E-state index >= 15 is 0 Å². The van der Waals surface area contributed by atoms with Crippen molar-refractivity contribution < 1.29 is 5.11 Å². The third-order valence-corrected chi connectivity index (χ3v) is 6.10. The number of aromatic hydroxyl groups is 1. The fourth-order valence-electron chi connectivity index (χ4n) is 4.38. The van der Waals surface area contributed by atoms with Crippen molar-refractivity contribution in [3.8, 4) is 5.75 Å². The first-order valence-electron chi connectivity index (χ1n) is 11.2. The molecule has 8 nitrogen and oxygen atoms in total. The first kappa shape index (κ1) is 20.5. The van der Waals surface area contributed by atoms with Gasteiger partial charge in [0.05, 0.1) is 12.2 Å². The zero-order valence-corrected chi connectivity index (χ0v) is 17.9. The van der Waals surface area contributed by atoms with E-state index in [1.165, 1.54) is 25.7 Å². The average Bonchev–Trinajstić information content (AvgIpc) is 3.45. The number of anilines is 1. The van der Waals surface area contributed by atoms with E-state index in [4.69, 9.17) is 4.99 Å². The smallest absolute Gasteiger partial charge is 0.194 e. The Bertz CT molecular complexity index is 836. The number of para-hydroxylation sites is 2. The van der Waals surface area contributed by atoms with Gasteiger partial charge in [-0.05, 0) is 25.0 Å². The molecule has 0 spiro atoms. The van der Waals surface area contributed by atoms with Gasteiger partial charge in [-0.3, -0.25) is 4.99 Å². The third kappa shape index (κ3) is 4.86. The number of nitrogens with zero attached hydrogens (tertiary/aromatic N) is 6. The molecule has 2 fully saturated rings. The number of piperazine rings is 1. The number of hydrogen-bond donors (Lipinski definition) is 2. The number of benzene rings is 1. The summed E-state index contributed by atoms with van der Waals surface area (Å²) in [5.74, 6) is 2.38. The van der Waals surface area contributed by atoms with Gasteiger partial charge in [-0.2, -0.15) is 0 Å². The van der Waals surface area contributed by atoms with E-state index in [9.17, 15) is 5.11 Å². The summed E-state index contributed by atoms with van der Waals surface area (Å²) < 4.78 is 2.09. The molecule has 0 unspecified atom stereocenters. The van der Waals surface area contributed by atoms with Gasteiger partial charge in [-0.1, -0.05) is 31.9 Å². The maximum absolute atomic E-state index is 10.2. The standard InChI is InChI=1S/C22H33N7O/c1-2-21-26-24-17-29(21)12-11-23-22(25-18-7-3-4-8-18)28-15-13-27(14-16-28)19-9-5-6-10-20(19)30/h5-6,9-10,17-18,30H,2-4,7-8,11-16H2,1H3,(H,23,25). The molecule has 1 saturated carbocycles. The molecular formula is C22H33N7O. The van der Waals surface area contributed by atoms with E-state index in [0.717, 1.165) is 56.6 Å². The summed E-state index contributed by atoms with van der Waals surface area (Å²) >= 11 is 0. The Balaban J connectivity index is 1.40. The molecule has 162 valence electrons. The van der Waals surface area contributed by atoms with Crippen molar-refractivity contribution in [2.75, 3.05) is 37.6 Å². The van der Waals surface area contributed by atoms with Crippen LogP contribution in [0, 0.1) is 0 Å². The predicted molar refractivity (Wildman–Crippen MR) is 119 cm³/mol. The number of rotatable bonds is 6. The zero-order valence-electron chi connectivity index (χ0n) is 17.9. The Morgan fingerprint density at radius 2 is 1.93 bits per heavy atom. The summed E-state index contributed by atoms with van der Waals surface area (Å²) in [5, 5.41) is 22.1. The summed E-state index contributed by atoms with van der Waals surface area (Å²) in [6.07, 6.45) is 7.72. The second-order valence-electron chi connectivity index (χ2n) is 8.09. The van der Waals surface area contributed by atoms with Crippen molar-refractivity contribution in [2.24, 2.45) is 4.99 Å². The van der Waals surface area contributed by atoms with E-state index in [1.807, 2.05) is 18.2 Å². The number of aryl methyl sites for hydroxylation is 1. The molecule has 0 bridgehead atoms. The number of nitrogens with one attached hydrogen (secondary N) is 1. The van der Waals surface area contributed by atoms with Crippen LogP contribution in [-0.4, -0.2) is 69.5 Å². The molecular weight excluding hydrogens is 378 g/mol. The largest absolute Gasteiger partial charge is 0.506 e. The minimum atomic E-state index is 0.351. The Morgan fingerprint density at radius 1 is 1.17 bits per heavy atom. The van der Waals surface area contributed by atoms with E-state index < -0.39 is 0 Å². The third-order valence-electron chi connectivity index (χ3n) is 6.10. The van der Waals surface area contributed by atoms with Crippen LogP contribution < -0.4 is 10.2 Å². The number of guanidine groups is 1. The lowest BCUT2D eigenvalue weighted by molar-refractivity contribution is 0.362. The maximum Gasteiger partial charge on any atom is 0.194 e. The first-order chi connectivity index (χ1) is 14.7. The minimum Gasteiger partial charge on any atom is -0.506 e. The maximum atomic E-state index is 10.2. The van der Waals surface area contributed by atoms with Gasteiger partial charge in [-0.25, -0.2) is 0 Å². The average molecular weight is 412 g/mol. The molecule has 1 aromatic carbocycles. The van der Waals surface area contributed by atoms with E-state index in [0.29, 0.717) is 18.3 Å². The van der Waals surface area contributed by atoms with Gasteiger partial charge in [0.1, 0.15) is 17.9 Å². The summed E-state index contributed by atoms with van der Waals surface area (Å²) in [6, 6.07) is 8.12. The second kappa shape index (κ2) is 9.82. The van der Waals surface area contributed by atoms with Gasteiger partial charge in [0.25, 0.3) is 0 Å². The van der Waals surface area contributed by atoms with Gasteiger partial charge in [-0.15, -0.1) is 10.2 Å². The molecule has 0 amide bonds. The fourth-order valence-corrected chi connectivity index (χ4v) is 4.38. The monoisotopic (exact) mass is 411 g/mol. The Morgan fingerprint density at radius 3 is 2.67 bits per heavy atom. The number of aromatic nitrogens is 3. The highest BCUT2D eigenvalue weighted by Crippen LogP contribution is 2.27. The van der Waals surface area contributed by atoms with Crippen LogP contribution in [0.3, 0.4) is 0 Å². The molecule has 4 rings (SSSR count). The van der Waals surface area contributed by atoms with E-state index in [2.05, 4.69) is 36.8 Å². The SMILES string of the molecule is CCc1nncn1CCN=C(NC1CCCC1)N1CCN(c2ccccc2O)CC1. The van der Waals surface area contributed by atoms with Crippen molar-refractivity contribution in [1.82, 2.24) is 25.0 Å². The van der Waals surface area contributed by atoms with Crippen molar-refractivity contribution >= 4 is 11.6 Å². The van der Waals surface area contributed by atoms with Crippen LogP contribution in [0.4, 0.5) is 5.69 Å². The van der Waals surface area contributed by atoms with Crippen LogP contribution in [0.15, 0.2) is 35.6 Å². The summed E-state index contributed by atoms with van der Waals surface area (Å²) in [4.78, 5) is 9.58. The molecule has 1 aliphatic heterocycles. The molecule has 2 aromatic rings. The zero-order chi connectivity index (χ0) is 20.8. The molecule has 1 aliphatic carbocycles. The van der Waals surface area contributed by atoms with Crippen LogP contribution >= 0.6 is 0 Å². The molecule has 2 heterocycles. The topological polar surface area (TPSA) is 81.8 Å².